The van der Waals surface area contributed by atoms with Gasteiger partial charge in [0.2, 0.25) is 0 Å². The van der Waals surface area contributed by atoms with Gasteiger partial charge in [-0.15, -0.1) is 0 Å². The zero-order valence-corrected chi connectivity index (χ0v) is 12.8. The molecule has 0 radical (unpaired) electrons. The molecule has 0 aliphatic heterocycles. The van der Waals surface area contributed by atoms with Crippen molar-refractivity contribution < 1.29 is 17.6 Å². The quantitative estimate of drug-likeness (QED) is 0.558. The second kappa shape index (κ2) is 7.30. The van der Waals surface area contributed by atoms with Crippen molar-refractivity contribution in [1.29, 1.82) is 0 Å². The Kier molecular flexibility index (Phi) is 5.65. The van der Waals surface area contributed by atoms with E-state index in [1.807, 2.05) is 0 Å². The Morgan fingerprint density at radius 3 is 2.36 bits per heavy atom. The van der Waals surface area contributed by atoms with Crippen LogP contribution in [0.15, 0.2) is 24.3 Å². The van der Waals surface area contributed by atoms with Crippen LogP contribution in [0.25, 0.3) is 6.08 Å². The molecule has 0 bridgehead atoms. The summed E-state index contributed by atoms with van der Waals surface area (Å²) in [5.74, 6) is 0.539. The lowest BCUT2D eigenvalue weighted by Gasteiger charge is -2.28. The van der Waals surface area contributed by atoms with Gasteiger partial charge in [0.1, 0.15) is 5.82 Å². The Morgan fingerprint density at radius 2 is 1.82 bits per heavy atom. The molecule has 122 valence electrons. The third-order valence-corrected chi connectivity index (χ3v) is 4.49. The van der Waals surface area contributed by atoms with E-state index < -0.39 is 12.0 Å². The standard InChI is InChI=1S/C18H22F4/c1-2-3-13-4-6-14(7-5-13)16-9-8-15(17(19)12-16)10-11-18(20,21)22/h8-14H,2-7H2,1H3/b11-10+. The third kappa shape index (κ3) is 4.85. The van der Waals surface area contributed by atoms with Gasteiger partial charge in [-0.25, -0.2) is 4.39 Å². The summed E-state index contributed by atoms with van der Waals surface area (Å²) in [6.45, 7) is 2.19. The molecule has 0 nitrogen and oxygen atoms in total. The molecule has 0 N–H and O–H groups in total. The van der Waals surface area contributed by atoms with E-state index in [1.54, 1.807) is 6.07 Å². The van der Waals surface area contributed by atoms with Crippen LogP contribution in [-0.2, 0) is 0 Å². The van der Waals surface area contributed by atoms with Crippen molar-refractivity contribution in [3.63, 3.8) is 0 Å². The molecule has 1 fully saturated rings. The highest BCUT2D eigenvalue weighted by Gasteiger charge is 2.23. The van der Waals surface area contributed by atoms with Gasteiger partial charge >= 0.3 is 6.18 Å². The average molecular weight is 314 g/mol. The van der Waals surface area contributed by atoms with Gasteiger partial charge in [-0.05, 0) is 55.2 Å². The van der Waals surface area contributed by atoms with Crippen LogP contribution in [0.4, 0.5) is 17.6 Å². The molecule has 1 saturated carbocycles. The molecule has 0 saturated heterocycles. The highest BCUT2D eigenvalue weighted by Crippen LogP contribution is 2.38. The van der Waals surface area contributed by atoms with E-state index in [0.717, 1.165) is 43.2 Å². The third-order valence-electron chi connectivity index (χ3n) is 4.49. The molecular weight excluding hydrogens is 292 g/mol. The van der Waals surface area contributed by atoms with Crippen molar-refractivity contribution in [1.82, 2.24) is 0 Å². The Morgan fingerprint density at radius 1 is 1.14 bits per heavy atom. The number of allylic oxidation sites excluding steroid dienone is 1. The maximum Gasteiger partial charge on any atom is 0.409 e. The van der Waals surface area contributed by atoms with Crippen LogP contribution < -0.4 is 0 Å². The van der Waals surface area contributed by atoms with Crippen molar-refractivity contribution >= 4 is 6.08 Å². The van der Waals surface area contributed by atoms with E-state index in [-0.39, 0.29) is 11.6 Å². The Labute approximate surface area is 129 Å². The zero-order valence-electron chi connectivity index (χ0n) is 12.8. The summed E-state index contributed by atoms with van der Waals surface area (Å²) in [6, 6.07) is 4.62. The molecule has 1 aromatic rings. The SMILES string of the molecule is CCCC1CCC(c2ccc(/C=C/C(F)(F)F)c(F)c2)CC1. The Hall–Kier alpha value is -1.32. The highest BCUT2D eigenvalue weighted by molar-refractivity contribution is 5.51. The van der Waals surface area contributed by atoms with Gasteiger partial charge in [0, 0.05) is 11.6 Å². The second-order valence-electron chi connectivity index (χ2n) is 6.16. The monoisotopic (exact) mass is 314 g/mol. The maximum atomic E-state index is 14.0. The van der Waals surface area contributed by atoms with Gasteiger partial charge in [-0.2, -0.15) is 13.2 Å². The van der Waals surface area contributed by atoms with Gasteiger partial charge in [0.05, 0.1) is 0 Å². The van der Waals surface area contributed by atoms with Crippen LogP contribution in [0.3, 0.4) is 0 Å². The van der Waals surface area contributed by atoms with Crippen LogP contribution in [0.1, 0.15) is 62.5 Å². The van der Waals surface area contributed by atoms with Gasteiger partial charge < -0.3 is 0 Å². The van der Waals surface area contributed by atoms with Crippen molar-refractivity contribution in [3.8, 4) is 0 Å². The minimum Gasteiger partial charge on any atom is -0.206 e. The topological polar surface area (TPSA) is 0 Å². The fourth-order valence-electron chi connectivity index (χ4n) is 3.31. The first-order chi connectivity index (χ1) is 10.4. The zero-order chi connectivity index (χ0) is 16.2. The molecule has 1 aliphatic rings. The number of alkyl halides is 3. The minimum absolute atomic E-state index is 0.0132. The smallest absolute Gasteiger partial charge is 0.206 e. The van der Waals surface area contributed by atoms with E-state index in [1.165, 1.54) is 25.0 Å². The Balaban J connectivity index is 2.02. The summed E-state index contributed by atoms with van der Waals surface area (Å²) in [7, 11) is 0. The Bertz CT molecular complexity index is 508. The number of hydrogen-bond donors (Lipinski definition) is 0. The van der Waals surface area contributed by atoms with Gasteiger partial charge in [-0.1, -0.05) is 31.9 Å². The van der Waals surface area contributed by atoms with E-state index in [4.69, 9.17) is 0 Å². The van der Waals surface area contributed by atoms with Crippen LogP contribution >= 0.6 is 0 Å². The summed E-state index contributed by atoms with van der Waals surface area (Å²) in [5.41, 5.74) is 0.900. The summed E-state index contributed by atoms with van der Waals surface area (Å²) in [6.07, 6.45) is 3.31. The van der Waals surface area contributed by atoms with E-state index in [2.05, 4.69) is 6.92 Å². The first-order valence-electron chi connectivity index (χ1n) is 7.94. The first-order valence-corrected chi connectivity index (χ1v) is 7.94. The fraction of sp³-hybridized carbons (Fsp3) is 0.556. The van der Waals surface area contributed by atoms with E-state index >= 15 is 0 Å². The lowest BCUT2D eigenvalue weighted by molar-refractivity contribution is -0.0790. The molecule has 2 rings (SSSR count). The van der Waals surface area contributed by atoms with Gasteiger partial charge in [0.15, 0.2) is 0 Å². The number of benzene rings is 1. The average Bonchev–Trinajstić information content (AvgIpc) is 2.46. The number of hydrogen-bond acceptors (Lipinski definition) is 0. The summed E-state index contributed by atoms with van der Waals surface area (Å²) >= 11 is 0. The molecule has 0 atom stereocenters. The van der Waals surface area contributed by atoms with E-state index in [9.17, 15) is 17.6 Å². The molecular formula is C18H22F4. The van der Waals surface area contributed by atoms with Crippen LogP contribution in [0, 0.1) is 11.7 Å². The normalized spacial score (nSPS) is 23.1. The predicted octanol–water partition coefficient (Wildman–Crippen LogP) is 6.48. The van der Waals surface area contributed by atoms with Crippen molar-refractivity contribution in [3.05, 3.63) is 41.2 Å². The highest BCUT2D eigenvalue weighted by atomic mass is 19.4. The molecule has 0 spiro atoms. The number of rotatable bonds is 4. The van der Waals surface area contributed by atoms with Crippen molar-refractivity contribution in [2.24, 2.45) is 5.92 Å². The largest absolute Gasteiger partial charge is 0.409 e. The van der Waals surface area contributed by atoms with Crippen LogP contribution in [0.2, 0.25) is 0 Å². The molecule has 0 amide bonds. The molecule has 4 heteroatoms. The van der Waals surface area contributed by atoms with Crippen LogP contribution in [-0.4, -0.2) is 6.18 Å². The molecule has 1 aromatic carbocycles. The lowest BCUT2D eigenvalue weighted by atomic mass is 9.77. The molecule has 0 aromatic heterocycles. The van der Waals surface area contributed by atoms with Crippen LogP contribution in [0.5, 0.6) is 0 Å². The molecule has 0 heterocycles. The summed E-state index contributed by atoms with van der Waals surface area (Å²) < 4.78 is 50.4. The molecule has 1 aliphatic carbocycles. The first kappa shape index (κ1) is 17.0. The molecule has 0 unspecified atom stereocenters. The fourth-order valence-corrected chi connectivity index (χ4v) is 3.31. The second-order valence-corrected chi connectivity index (χ2v) is 6.16. The van der Waals surface area contributed by atoms with Crippen molar-refractivity contribution in [2.45, 2.75) is 57.5 Å². The minimum atomic E-state index is -4.41. The summed E-state index contributed by atoms with van der Waals surface area (Å²) in [4.78, 5) is 0. The maximum absolute atomic E-state index is 14.0. The van der Waals surface area contributed by atoms with E-state index in [0.29, 0.717) is 5.92 Å². The van der Waals surface area contributed by atoms with Gasteiger partial charge in [-0.3, -0.25) is 0 Å². The van der Waals surface area contributed by atoms with Crippen molar-refractivity contribution in [2.75, 3.05) is 0 Å². The predicted molar refractivity (Wildman–Crippen MR) is 81.1 cm³/mol. The lowest BCUT2D eigenvalue weighted by Crippen LogP contribution is -2.13. The summed E-state index contributed by atoms with van der Waals surface area (Å²) in [5, 5.41) is 0. The molecule has 22 heavy (non-hydrogen) atoms. The van der Waals surface area contributed by atoms with Gasteiger partial charge in [0.25, 0.3) is 0 Å². The number of halogens is 4.